The van der Waals surface area contributed by atoms with Crippen LogP contribution in [0.2, 0.25) is 0 Å². The standard InChI is InChI=1S/C17H13N3O/c1-11(2)17-16(20-6-5-13(9-19)10-20)14-7-12(8-18)3-4-15(14)21-17/h3-7,10-11H,1-2H3. The van der Waals surface area contributed by atoms with E-state index in [9.17, 15) is 0 Å². The maximum absolute atomic E-state index is 9.09. The zero-order valence-electron chi connectivity index (χ0n) is 11.8. The number of benzene rings is 1. The van der Waals surface area contributed by atoms with E-state index in [1.54, 1.807) is 18.3 Å². The lowest BCUT2D eigenvalue weighted by Gasteiger charge is -2.06. The lowest BCUT2D eigenvalue weighted by Crippen LogP contribution is -1.95. The highest BCUT2D eigenvalue weighted by molar-refractivity contribution is 5.89. The Hall–Kier alpha value is -2.98. The molecular formula is C17H13N3O. The van der Waals surface area contributed by atoms with Gasteiger partial charge in [0.15, 0.2) is 0 Å². The monoisotopic (exact) mass is 275 g/mol. The van der Waals surface area contributed by atoms with E-state index in [4.69, 9.17) is 14.9 Å². The van der Waals surface area contributed by atoms with Gasteiger partial charge in [-0.25, -0.2) is 0 Å². The SMILES string of the molecule is CC(C)c1oc2ccc(C#N)cc2c1-n1ccc(C#N)c1. The van der Waals surface area contributed by atoms with Crippen LogP contribution in [0.3, 0.4) is 0 Å². The van der Waals surface area contributed by atoms with Crippen LogP contribution in [-0.4, -0.2) is 4.57 Å². The topological polar surface area (TPSA) is 65.7 Å². The molecule has 0 radical (unpaired) electrons. The molecule has 0 bridgehead atoms. The Balaban J connectivity index is 2.34. The number of aromatic nitrogens is 1. The maximum Gasteiger partial charge on any atom is 0.136 e. The van der Waals surface area contributed by atoms with Crippen molar-refractivity contribution in [3.8, 4) is 17.8 Å². The highest BCUT2D eigenvalue weighted by atomic mass is 16.3. The van der Waals surface area contributed by atoms with Gasteiger partial charge in [0.1, 0.15) is 17.4 Å². The number of nitriles is 2. The molecule has 0 N–H and O–H groups in total. The van der Waals surface area contributed by atoms with Crippen LogP contribution in [0, 0.1) is 22.7 Å². The first-order chi connectivity index (χ1) is 10.1. The van der Waals surface area contributed by atoms with Crippen LogP contribution < -0.4 is 0 Å². The largest absolute Gasteiger partial charge is 0.459 e. The molecule has 0 saturated heterocycles. The highest BCUT2D eigenvalue weighted by Crippen LogP contribution is 2.34. The van der Waals surface area contributed by atoms with Crippen molar-refractivity contribution < 1.29 is 4.42 Å². The molecule has 0 saturated carbocycles. The first-order valence-corrected chi connectivity index (χ1v) is 6.69. The summed E-state index contributed by atoms with van der Waals surface area (Å²) in [5.41, 5.74) is 2.83. The maximum atomic E-state index is 9.09. The van der Waals surface area contributed by atoms with E-state index in [-0.39, 0.29) is 5.92 Å². The number of hydrogen-bond acceptors (Lipinski definition) is 3. The average molecular weight is 275 g/mol. The molecule has 0 aliphatic heterocycles. The number of furan rings is 1. The summed E-state index contributed by atoms with van der Waals surface area (Å²) in [6, 6.07) is 11.4. The molecule has 0 aliphatic carbocycles. The minimum atomic E-state index is 0.200. The van der Waals surface area contributed by atoms with Crippen molar-refractivity contribution in [2.75, 3.05) is 0 Å². The van der Waals surface area contributed by atoms with Crippen molar-refractivity contribution in [3.05, 3.63) is 53.5 Å². The minimum absolute atomic E-state index is 0.200. The summed E-state index contributed by atoms with van der Waals surface area (Å²) in [7, 11) is 0. The molecule has 2 heterocycles. The fourth-order valence-corrected chi connectivity index (χ4v) is 2.43. The third kappa shape index (κ3) is 2.07. The number of rotatable bonds is 2. The van der Waals surface area contributed by atoms with Gasteiger partial charge in [-0.15, -0.1) is 0 Å². The Morgan fingerprint density at radius 3 is 2.48 bits per heavy atom. The summed E-state index contributed by atoms with van der Waals surface area (Å²) in [4.78, 5) is 0. The zero-order valence-corrected chi connectivity index (χ0v) is 11.8. The summed E-state index contributed by atoms with van der Waals surface area (Å²) < 4.78 is 7.83. The Morgan fingerprint density at radius 1 is 1.10 bits per heavy atom. The first kappa shape index (κ1) is 13.0. The van der Waals surface area contributed by atoms with Crippen LogP contribution in [0.25, 0.3) is 16.7 Å². The van der Waals surface area contributed by atoms with Crippen LogP contribution in [0.1, 0.15) is 36.7 Å². The zero-order chi connectivity index (χ0) is 15.0. The molecule has 0 atom stereocenters. The molecule has 2 aromatic heterocycles. The van der Waals surface area contributed by atoms with Crippen molar-refractivity contribution in [3.63, 3.8) is 0 Å². The van der Waals surface area contributed by atoms with Gasteiger partial charge in [-0.2, -0.15) is 10.5 Å². The summed E-state index contributed by atoms with van der Waals surface area (Å²) in [5, 5.41) is 19.0. The Bertz CT molecular complexity index is 900. The van der Waals surface area contributed by atoms with Crippen molar-refractivity contribution in [2.45, 2.75) is 19.8 Å². The van der Waals surface area contributed by atoms with Gasteiger partial charge in [0.05, 0.1) is 22.9 Å². The molecule has 4 heteroatoms. The third-order valence-corrected chi connectivity index (χ3v) is 3.42. The lowest BCUT2D eigenvalue weighted by molar-refractivity contribution is 0.518. The highest BCUT2D eigenvalue weighted by Gasteiger charge is 2.19. The van der Waals surface area contributed by atoms with E-state index >= 15 is 0 Å². The average Bonchev–Trinajstić information content (AvgIpc) is 3.09. The van der Waals surface area contributed by atoms with Crippen LogP contribution in [0.5, 0.6) is 0 Å². The van der Waals surface area contributed by atoms with Crippen molar-refractivity contribution in [2.24, 2.45) is 0 Å². The van der Waals surface area contributed by atoms with Crippen LogP contribution in [0.15, 0.2) is 41.1 Å². The minimum Gasteiger partial charge on any atom is -0.459 e. The van der Waals surface area contributed by atoms with Crippen molar-refractivity contribution in [1.82, 2.24) is 4.57 Å². The molecular weight excluding hydrogens is 262 g/mol. The predicted octanol–water partition coefficient (Wildman–Crippen LogP) is 4.09. The van der Waals surface area contributed by atoms with E-state index in [1.807, 2.05) is 22.9 Å². The van der Waals surface area contributed by atoms with Gasteiger partial charge in [0, 0.05) is 23.7 Å². The van der Waals surface area contributed by atoms with Gasteiger partial charge in [-0.3, -0.25) is 0 Å². The van der Waals surface area contributed by atoms with E-state index in [1.165, 1.54) is 0 Å². The molecule has 102 valence electrons. The number of hydrogen-bond donors (Lipinski definition) is 0. The van der Waals surface area contributed by atoms with Gasteiger partial charge in [-0.05, 0) is 24.3 Å². The van der Waals surface area contributed by atoms with E-state index in [0.717, 1.165) is 22.4 Å². The summed E-state index contributed by atoms with van der Waals surface area (Å²) in [6.45, 7) is 4.11. The van der Waals surface area contributed by atoms with E-state index in [2.05, 4.69) is 26.0 Å². The van der Waals surface area contributed by atoms with E-state index in [0.29, 0.717) is 11.1 Å². The van der Waals surface area contributed by atoms with Gasteiger partial charge < -0.3 is 8.98 Å². The summed E-state index contributed by atoms with van der Waals surface area (Å²) >= 11 is 0. The fourth-order valence-electron chi connectivity index (χ4n) is 2.43. The third-order valence-electron chi connectivity index (χ3n) is 3.42. The van der Waals surface area contributed by atoms with Gasteiger partial charge in [0.2, 0.25) is 0 Å². The molecule has 0 amide bonds. The van der Waals surface area contributed by atoms with Crippen LogP contribution in [0.4, 0.5) is 0 Å². The fraction of sp³-hybridized carbons (Fsp3) is 0.176. The Labute approximate surface area is 122 Å². The Kier molecular flexibility index (Phi) is 3.01. The molecule has 1 aromatic carbocycles. The second kappa shape index (κ2) is 4.85. The predicted molar refractivity (Wildman–Crippen MR) is 79.1 cm³/mol. The normalized spacial score (nSPS) is 10.7. The van der Waals surface area contributed by atoms with Crippen molar-refractivity contribution >= 4 is 11.0 Å². The lowest BCUT2D eigenvalue weighted by atomic mass is 10.1. The van der Waals surface area contributed by atoms with Crippen molar-refractivity contribution in [1.29, 1.82) is 10.5 Å². The molecule has 0 fully saturated rings. The molecule has 3 rings (SSSR count). The second-order valence-electron chi connectivity index (χ2n) is 5.21. The number of fused-ring (bicyclic) bond motifs is 1. The second-order valence-corrected chi connectivity index (χ2v) is 5.21. The molecule has 3 aromatic rings. The molecule has 0 spiro atoms. The molecule has 21 heavy (non-hydrogen) atoms. The van der Waals surface area contributed by atoms with Crippen LogP contribution >= 0.6 is 0 Å². The molecule has 0 unspecified atom stereocenters. The number of nitrogens with zero attached hydrogens (tertiary/aromatic N) is 3. The van der Waals surface area contributed by atoms with E-state index < -0.39 is 0 Å². The summed E-state index contributed by atoms with van der Waals surface area (Å²) in [6.07, 6.45) is 3.61. The smallest absolute Gasteiger partial charge is 0.136 e. The van der Waals surface area contributed by atoms with Gasteiger partial charge in [0.25, 0.3) is 0 Å². The quantitative estimate of drug-likeness (QED) is 0.707. The van der Waals surface area contributed by atoms with Gasteiger partial charge in [-0.1, -0.05) is 13.8 Å². The van der Waals surface area contributed by atoms with Crippen LogP contribution in [-0.2, 0) is 0 Å². The molecule has 4 nitrogen and oxygen atoms in total. The van der Waals surface area contributed by atoms with Gasteiger partial charge >= 0.3 is 0 Å². The Morgan fingerprint density at radius 2 is 1.86 bits per heavy atom. The summed E-state index contributed by atoms with van der Waals surface area (Å²) in [5.74, 6) is 1.05. The molecule has 0 aliphatic rings. The first-order valence-electron chi connectivity index (χ1n) is 6.69.